The first-order chi connectivity index (χ1) is 68.4. The first kappa shape index (κ1) is 164. The molecule has 0 radical (unpaired) electrons. The van der Waals surface area contributed by atoms with E-state index in [0.29, 0.717) is 97.0 Å². The number of carboxylic acid groups (broad SMARTS) is 5. The average Bonchev–Trinajstić information content (AvgIpc) is 1.67. The van der Waals surface area contributed by atoms with Crippen LogP contribution in [0.5, 0.6) is 0 Å². The summed E-state index contributed by atoms with van der Waals surface area (Å²) in [6.07, 6.45) is 20.2. The molecule has 0 aromatic carbocycles. The molecule has 7 rings (SSSR count). The number of H-pyrrole nitrogens is 2. The number of unbranched alkanes of at least 4 members (excludes halogenated alkanes) is 1. The van der Waals surface area contributed by atoms with Crippen molar-refractivity contribution in [2.45, 2.75) is 203 Å². The number of piperidine rings is 1. The van der Waals surface area contributed by atoms with Gasteiger partial charge >= 0.3 is 29.8 Å². The van der Waals surface area contributed by atoms with E-state index >= 15 is 0 Å². The summed E-state index contributed by atoms with van der Waals surface area (Å²) in [5, 5.41) is 121. The van der Waals surface area contributed by atoms with E-state index in [1.807, 2.05) is 64.1 Å². The van der Waals surface area contributed by atoms with Crippen molar-refractivity contribution >= 4 is 41.8 Å². The number of carboxylic acids is 5. The number of ether oxygens (including phenoxy) is 1. The molecule has 50 nitrogen and oxygen atoms in total. The van der Waals surface area contributed by atoms with Gasteiger partial charge in [-0.3, -0.25) is 48.8 Å². The van der Waals surface area contributed by atoms with E-state index in [0.717, 1.165) is 113 Å². The van der Waals surface area contributed by atoms with Crippen LogP contribution >= 0.6 is 0 Å². The summed E-state index contributed by atoms with van der Waals surface area (Å²) in [6, 6.07) is 7.85. The Morgan fingerprint density at radius 2 is 0.766 bits per heavy atom. The fourth-order valence-corrected chi connectivity index (χ4v) is 9.60. The van der Waals surface area contributed by atoms with Crippen molar-refractivity contribution in [2.75, 3.05) is 271 Å². The van der Waals surface area contributed by atoms with Crippen molar-refractivity contribution in [3.63, 3.8) is 0 Å². The van der Waals surface area contributed by atoms with Crippen LogP contribution in [-0.2, 0) is 41.6 Å². The lowest BCUT2D eigenvalue weighted by molar-refractivity contribution is -0.921. The van der Waals surface area contributed by atoms with Crippen LogP contribution in [-0.4, -0.2) is 459 Å². The van der Waals surface area contributed by atoms with Gasteiger partial charge in [-0.1, -0.05) is 80.4 Å². The van der Waals surface area contributed by atoms with Crippen molar-refractivity contribution in [1.29, 1.82) is 0 Å². The van der Waals surface area contributed by atoms with Crippen molar-refractivity contribution in [1.82, 2.24) is 83.1 Å². The van der Waals surface area contributed by atoms with Gasteiger partial charge in [-0.15, -0.1) is 0 Å². The Hall–Kier alpha value is -8.51. The van der Waals surface area contributed by atoms with Crippen LogP contribution in [0, 0.1) is 6.92 Å². The van der Waals surface area contributed by atoms with Crippen molar-refractivity contribution < 1.29 is 99.0 Å². The van der Waals surface area contributed by atoms with Gasteiger partial charge in [0.05, 0.1) is 126 Å². The number of hydrogen-bond acceptors (Lipinski definition) is 37. The number of aliphatic carboxylic acids is 5. The molecule has 3 saturated heterocycles. The number of aliphatic hydroxyl groups excluding tert-OH is 7. The lowest BCUT2D eigenvalue weighted by atomic mass is 10.1. The van der Waals surface area contributed by atoms with Gasteiger partial charge in [0.2, 0.25) is 0 Å². The molecule has 4 aromatic rings. The molecule has 3 fully saturated rings. The maximum atomic E-state index is 10.3. The number of carbonyl (C=O) groups is 5. The molecule has 3 aliphatic heterocycles. The van der Waals surface area contributed by atoms with Crippen LogP contribution in [0.15, 0.2) is 90.0 Å². The molecule has 7 heterocycles. The number of guanidine groups is 2. The molecule has 4 aromatic heterocycles. The number of nitrogens with zero attached hydrogens (tertiary/aromatic N) is 10. The molecule has 0 unspecified atom stereocenters. The summed E-state index contributed by atoms with van der Waals surface area (Å²) in [4.78, 5) is 83.4. The first-order valence-electron chi connectivity index (χ1n) is 50.1. The van der Waals surface area contributed by atoms with Crippen molar-refractivity contribution in [3.05, 3.63) is 97.1 Å². The number of likely N-dealkylation sites (N-methyl/N-ethyl adjacent to an activating group) is 1. The zero-order chi connectivity index (χ0) is 113. The van der Waals surface area contributed by atoms with Gasteiger partial charge in [0, 0.05) is 159 Å². The van der Waals surface area contributed by atoms with E-state index in [2.05, 4.69) is 173 Å². The molecular weight excluding hydrogens is 1880 g/mol. The van der Waals surface area contributed by atoms with Crippen LogP contribution in [0.3, 0.4) is 0 Å². The van der Waals surface area contributed by atoms with Gasteiger partial charge in [0.25, 0.3) is 0 Å². The van der Waals surface area contributed by atoms with E-state index in [-0.39, 0.29) is 77.2 Å². The molecule has 0 aliphatic carbocycles. The number of nitrogens with one attached hydrogen (secondary N) is 9. The number of rotatable bonds is 44. The molecule has 0 spiro atoms. The Morgan fingerprint density at radius 3 is 0.931 bits per heavy atom. The second-order valence-electron chi connectivity index (χ2n) is 32.5. The third-order valence-corrected chi connectivity index (χ3v) is 17.9. The quantitative estimate of drug-likeness (QED) is 0.00921. The van der Waals surface area contributed by atoms with E-state index in [1.165, 1.54) is 95.3 Å². The minimum atomic E-state index is -1.00. The first-order valence-corrected chi connectivity index (χ1v) is 50.1. The Kier molecular flexibility index (Phi) is 151. The predicted octanol–water partition coefficient (Wildman–Crippen LogP) is -2.79. The zero-order valence-electron chi connectivity index (χ0n) is 92.0. The van der Waals surface area contributed by atoms with Crippen LogP contribution in [0.1, 0.15) is 164 Å². The number of aryl methyl sites for hydroxylation is 1. The highest BCUT2D eigenvalue weighted by molar-refractivity contribution is 5.76. The van der Waals surface area contributed by atoms with E-state index in [9.17, 15) is 24.0 Å². The zero-order valence-corrected chi connectivity index (χ0v) is 92.0. The molecule has 5 atom stereocenters. The monoisotopic (exact) mass is 2090 g/mol. The van der Waals surface area contributed by atoms with E-state index in [4.69, 9.17) is 135 Å². The van der Waals surface area contributed by atoms with Gasteiger partial charge in [0.1, 0.15) is 30.2 Å². The predicted molar refractivity (Wildman–Crippen MR) is 590 cm³/mol. The number of pyridine rings is 2. The molecule has 48 N–H and O–H groups in total. The fraction of sp³-hybridized carbons (Fsp3) is 0.758. The van der Waals surface area contributed by atoms with Crippen molar-refractivity contribution in [2.24, 2.45) is 78.8 Å². The third-order valence-electron chi connectivity index (χ3n) is 17.9. The minimum Gasteiger partial charge on any atom is -0.480 e. The standard InChI is InChI=1S/C8H20N.2C6H14N4O2.2C6H9N3O2.C6H14N2O2.C6H15NO3.C6H7N.C6H15N.C5H11N.C5H5N.C4H10N2.C4H11NO2.C4H9NO.C4H11NO.C4H12N.C4H11N.C3H9N.C2H7NO.H3N/c1-5-9(6-2,7-3)8-4;2*7-4(5(11)12)2-1-3-10-6(8)9;2*7-5(6(10)11)1-4-2-8-3-9-4;7-4-2-1-3-5(8)6(9)10;8-4-1-7(2-5-9)3-6-10;1-6-4-2-3-5-7-6;1-4-7(5-2)6-3;2*1-2-4-6-5-3-1;1-2-6-4-3-5-1;6-3-1-5-2-4-7;1-3-6-4-2-5-1;1-2-5-3-4-6;1-5(2,3)4;1-3-5-4-2;1-3(2)4;3-1-2-4;/h5-8H2,1-4H3;2*4H,1-3,7H2,(H,11,12)(H4,8,9,10);2*2-3,5H,1,7H2,(H,8,9)(H,10,11);5H,1-4,7-8H2,(H,9,10);8-10H,1-6H2;2-5H,1H3;4-6H2,1-3H3;6H,1-5H2;1-5H;5-6H,1-4H2;5-7H,1-4H2;5H,1-4H2;5-6H,2-4H2,1H3;1-4H3;5H,3-4H2,1-2H3;3H,4H2,1-2H3;4H,1-3H2;1H3/q+1;;;;;;;;;;;;;;;+1;;;;/t;2*4-;3*5-;;;;;;;;;;;;;;/m.00000............../s1. The summed E-state index contributed by atoms with van der Waals surface area (Å²) in [5.74, 6) is -4.91. The van der Waals surface area contributed by atoms with Gasteiger partial charge < -0.3 is 202 Å². The molecule has 145 heavy (non-hydrogen) atoms. The molecule has 862 valence electrons. The SMILES string of the molecule is C1CCNCC1.C1CNCCN1.C1COCCN1.CC(C)N.CCN(CC)CC.CCNCC.CCNCCO.CC[N+](CC)(CC)CC.C[N+](C)(C)C.Cc1ccccn1.N.NC(N)=NCCC[C@H](N)C(=O)O.NC(N)=NCCC[C@H](N)C(=O)O.NCCCC[C@H](N)C(=O)O.NCCO.N[C@@H](Cc1cnc[nH]1)C(=O)O.N[C@@H](Cc1cnc[nH]1)C(=O)O.OCCN(CCO)CCO.OCCNCCO.c1ccncc1. The Labute approximate surface area is 870 Å². The van der Waals surface area contributed by atoms with Crippen LogP contribution < -0.4 is 112 Å². The summed E-state index contributed by atoms with van der Waals surface area (Å²) in [5.41, 5.74) is 64.0. The molecule has 50 heteroatoms. The molecular formula is C95H216N32O18+2. The van der Waals surface area contributed by atoms with Crippen LogP contribution in [0.25, 0.3) is 0 Å². The Bertz CT molecular complexity index is 2920. The summed E-state index contributed by atoms with van der Waals surface area (Å²) in [7, 11) is 8.50. The van der Waals surface area contributed by atoms with Crippen molar-refractivity contribution in [3.8, 4) is 0 Å². The van der Waals surface area contributed by atoms with E-state index in [1.54, 1.807) is 35.9 Å². The van der Waals surface area contributed by atoms with Gasteiger partial charge in [-0.25, -0.2) is 9.97 Å². The van der Waals surface area contributed by atoms with Gasteiger partial charge in [-0.05, 0) is 175 Å². The molecule has 0 bridgehead atoms. The maximum Gasteiger partial charge on any atom is 0.320 e. The molecule has 3 aliphatic rings. The molecule has 0 amide bonds. The van der Waals surface area contributed by atoms with Crippen LogP contribution in [0.4, 0.5) is 0 Å². The fourth-order valence-electron chi connectivity index (χ4n) is 9.60. The molecule has 0 saturated carbocycles. The largest absolute Gasteiger partial charge is 0.480 e. The minimum absolute atomic E-state index is 0. The Morgan fingerprint density at radius 1 is 0.434 bits per heavy atom. The number of nitrogens with two attached hydrogens (primary N) is 12. The number of piperazine rings is 1. The smallest absolute Gasteiger partial charge is 0.320 e. The third kappa shape index (κ3) is 164. The summed E-state index contributed by atoms with van der Waals surface area (Å²) in [6.45, 7) is 56.5. The van der Waals surface area contributed by atoms with Gasteiger partial charge in [-0.2, -0.15) is 0 Å². The number of aliphatic hydroxyl groups is 7. The second-order valence-corrected chi connectivity index (χ2v) is 32.5. The number of imidazole rings is 2. The number of aliphatic imine (C=N–C) groups is 2. The maximum absolute atomic E-state index is 10.3. The number of quaternary nitrogens is 2. The number of aromatic nitrogens is 6. The highest BCUT2D eigenvalue weighted by Gasteiger charge is 2.18. The average molecular weight is 2090 g/mol. The lowest BCUT2D eigenvalue weighted by Crippen LogP contribution is -2.47. The normalized spacial score (nSPS) is 12.5. The number of hydrogen-bond donors (Lipinski definition) is 34. The topological polar surface area (TPSA) is 883 Å². The van der Waals surface area contributed by atoms with Crippen LogP contribution in [0.2, 0.25) is 0 Å². The van der Waals surface area contributed by atoms with E-state index < -0.39 is 60.1 Å². The number of morpholine rings is 1. The summed E-state index contributed by atoms with van der Waals surface area (Å²) < 4.78 is 7.28. The second kappa shape index (κ2) is 133. The van der Waals surface area contributed by atoms with Gasteiger partial charge in [0.15, 0.2) is 11.9 Å². The Balaban J connectivity index is -0.000000116. The summed E-state index contributed by atoms with van der Waals surface area (Å²) >= 11 is 0. The number of aromatic amines is 2. The lowest BCUT2D eigenvalue weighted by Gasteiger charge is -2.34. The highest BCUT2D eigenvalue weighted by atomic mass is 16.5. The highest BCUT2D eigenvalue weighted by Crippen LogP contribution is 2.04.